The lowest BCUT2D eigenvalue weighted by atomic mass is 10.1. The molecule has 1 aliphatic heterocycles. The minimum Gasteiger partial charge on any atom is -0.380 e. The van der Waals surface area contributed by atoms with Crippen molar-refractivity contribution >= 4 is 36.5 Å². The van der Waals surface area contributed by atoms with Gasteiger partial charge in [0.25, 0.3) is 5.91 Å². The number of nitrogens with two attached hydrogens (primary N) is 1. The number of hydrogen-bond donors (Lipinski definition) is 2. The molecule has 0 unspecified atom stereocenters. The zero-order valence-corrected chi connectivity index (χ0v) is 13.5. The fourth-order valence-corrected chi connectivity index (χ4v) is 1.79. The summed E-state index contributed by atoms with van der Waals surface area (Å²) in [6.07, 6.45) is 0. The first-order valence-corrected chi connectivity index (χ1v) is 6.41. The van der Waals surface area contributed by atoms with E-state index in [0.29, 0.717) is 25.5 Å². The molecule has 120 valence electrons. The fraction of sp³-hybridized carbons (Fsp3) is 0.583. The maximum Gasteiger partial charge on any atom is 0.271 e. The van der Waals surface area contributed by atoms with Crippen molar-refractivity contribution in [3.8, 4) is 0 Å². The fourth-order valence-electron chi connectivity index (χ4n) is 1.79. The van der Waals surface area contributed by atoms with Crippen molar-refractivity contribution in [2.24, 2.45) is 5.73 Å². The van der Waals surface area contributed by atoms with E-state index in [4.69, 9.17) is 10.5 Å². The molecule has 0 radical (unpaired) electrons. The van der Waals surface area contributed by atoms with E-state index in [-0.39, 0.29) is 36.8 Å². The molecule has 7 nitrogen and oxygen atoms in total. The van der Waals surface area contributed by atoms with Gasteiger partial charge in [-0.15, -0.1) is 35.0 Å². The number of carbonyl (C=O) groups excluding carboxylic acids is 1. The Morgan fingerprint density at radius 1 is 1.43 bits per heavy atom. The van der Waals surface area contributed by atoms with Crippen molar-refractivity contribution in [3.63, 3.8) is 0 Å². The predicted molar refractivity (Wildman–Crippen MR) is 85.5 cm³/mol. The lowest BCUT2D eigenvalue weighted by molar-refractivity contribution is 0.0916. The van der Waals surface area contributed by atoms with Gasteiger partial charge in [-0.25, -0.2) is 0 Å². The molecule has 0 spiro atoms. The van der Waals surface area contributed by atoms with Crippen LogP contribution in [-0.2, 0) is 4.74 Å². The Bertz CT molecular complexity index is 426. The molecule has 1 aliphatic rings. The number of amides is 1. The van der Waals surface area contributed by atoms with Crippen LogP contribution < -0.4 is 16.0 Å². The number of anilines is 1. The third kappa shape index (κ3) is 5.62. The maximum atomic E-state index is 11.7. The molecule has 0 aromatic carbocycles. The van der Waals surface area contributed by atoms with Gasteiger partial charge < -0.3 is 20.7 Å². The highest BCUT2D eigenvalue weighted by Crippen LogP contribution is 2.15. The molecule has 2 rings (SSSR count). The molecule has 1 aromatic heterocycles. The highest BCUT2D eigenvalue weighted by molar-refractivity contribution is 5.92. The zero-order valence-electron chi connectivity index (χ0n) is 11.8. The quantitative estimate of drug-likeness (QED) is 0.722. The van der Waals surface area contributed by atoms with E-state index in [9.17, 15) is 4.79 Å². The molecule has 0 aliphatic carbocycles. The number of carbonyl (C=O) groups is 1. The van der Waals surface area contributed by atoms with Gasteiger partial charge in [-0.1, -0.05) is 0 Å². The van der Waals surface area contributed by atoms with Gasteiger partial charge in [0.1, 0.15) is 0 Å². The van der Waals surface area contributed by atoms with Crippen LogP contribution in [0.2, 0.25) is 0 Å². The van der Waals surface area contributed by atoms with Crippen LogP contribution in [0.1, 0.15) is 17.4 Å². The van der Waals surface area contributed by atoms with Crippen LogP contribution in [0.4, 0.5) is 5.82 Å². The smallest absolute Gasteiger partial charge is 0.271 e. The van der Waals surface area contributed by atoms with E-state index in [1.54, 1.807) is 12.1 Å². The number of nitrogens with one attached hydrogen (secondary N) is 1. The Balaban J connectivity index is 0.00000200. The third-order valence-corrected chi connectivity index (χ3v) is 2.85. The molecule has 1 fully saturated rings. The molecular weight excluding hydrogens is 317 g/mol. The topological polar surface area (TPSA) is 93.4 Å². The summed E-state index contributed by atoms with van der Waals surface area (Å²) in [5.74, 6) is 0.520. The molecule has 0 atom stereocenters. The first-order chi connectivity index (χ1) is 9.20. The first-order valence-electron chi connectivity index (χ1n) is 6.41. The second-order valence-corrected chi connectivity index (χ2v) is 4.39. The molecule has 1 saturated heterocycles. The Kier molecular flexibility index (Phi) is 9.19. The molecule has 21 heavy (non-hydrogen) atoms. The zero-order chi connectivity index (χ0) is 13.7. The predicted octanol–water partition coefficient (Wildman–Crippen LogP) is 0.234. The molecule has 3 N–H and O–H groups in total. The first kappa shape index (κ1) is 19.9. The highest BCUT2D eigenvalue weighted by atomic mass is 35.5. The highest BCUT2D eigenvalue weighted by Gasteiger charge is 2.24. The lowest BCUT2D eigenvalue weighted by Gasteiger charge is -2.37. The van der Waals surface area contributed by atoms with Crippen LogP contribution in [0.15, 0.2) is 12.1 Å². The van der Waals surface area contributed by atoms with Crippen LogP contribution in [0.5, 0.6) is 0 Å². The van der Waals surface area contributed by atoms with E-state index in [2.05, 4.69) is 15.5 Å². The average molecular weight is 338 g/mol. The number of aromatic nitrogens is 2. The number of rotatable bonds is 6. The van der Waals surface area contributed by atoms with Gasteiger partial charge in [0, 0.05) is 32.3 Å². The summed E-state index contributed by atoms with van der Waals surface area (Å²) in [6, 6.07) is 3.67. The average Bonchev–Trinajstić information content (AvgIpc) is 2.40. The van der Waals surface area contributed by atoms with Crippen molar-refractivity contribution in [3.05, 3.63) is 17.8 Å². The van der Waals surface area contributed by atoms with Gasteiger partial charge in [-0.3, -0.25) is 4.79 Å². The van der Waals surface area contributed by atoms with Gasteiger partial charge in [0.05, 0.1) is 6.61 Å². The van der Waals surface area contributed by atoms with Crippen molar-refractivity contribution in [2.75, 3.05) is 37.7 Å². The normalized spacial score (nSPS) is 13.7. The summed E-state index contributed by atoms with van der Waals surface area (Å²) in [5.41, 5.74) is 6.01. The number of ether oxygens (including phenoxy) is 1. The molecule has 1 aromatic rings. The summed E-state index contributed by atoms with van der Waals surface area (Å²) in [7, 11) is 0. The monoisotopic (exact) mass is 337 g/mol. The standard InChI is InChI=1S/C12H19N5O2.2ClH/c1-2-19-6-5-14-12(18)10-3-4-11(16-15-10)17-7-9(13)8-17;;/h3-4,9H,2,5-8,13H2,1H3,(H,14,18);2*1H. The van der Waals surface area contributed by atoms with E-state index in [0.717, 1.165) is 18.9 Å². The van der Waals surface area contributed by atoms with Gasteiger partial charge in [0.2, 0.25) is 0 Å². The van der Waals surface area contributed by atoms with Crippen molar-refractivity contribution in [1.29, 1.82) is 0 Å². The molecule has 1 amide bonds. The van der Waals surface area contributed by atoms with Gasteiger partial charge in [-0.2, -0.15) is 0 Å². The number of halogens is 2. The van der Waals surface area contributed by atoms with Crippen LogP contribution in [-0.4, -0.2) is 55.0 Å². The second-order valence-electron chi connectivity index (χ2n) is 4.39. The summed E-state index contributed by atoms with van der Waals surface area (Å²) >= 11 is 0. The summed E-state index contributed by atoms with van der Waals surface area (Å²) < 4.78 is 5.13. The second kappa shape index (κ2) is 9.73. The van der Waals surface area contributed by atoms with Gasteiger partial charge in [0.15, 0.2) is 11.5 Å². The number of hydrogen-bond acceptors (Lipinski definition) is 6. The van der Waals surface area contributed by atoms with Crippen LogP contribution in [0, 0.1) is 0 Å². The summed E-state index contributed by atoms with van der Waals surface area (Å²) in [6.45, 7) is 5.09. The SMILES string of the molecule is CCOCCNC(=O)c1ccc(N2CC(N)C2)nn1.Cl.Cl. The maximum absolute atomic E-state index is 11.7. The Morgan fingerprint density at radius 2 is 2.14 bits per heavy atom. The summed E-state index contributed by atoms with van der Waals surface area (Å²) in [4.78, 5) is 13.7. The minimum atomic E-state index is -0.237. The van der Waals surface area contributed by atoms with Crippen LogP contribution in [0.25, 0.3) is 0 Å². The minimum absolute atomic E-state index is 0. The van der Waals surface area contributed by atoms with Gasteiger partial charge >= 0.3 is 0 Å². The Hall–Kier alpha value is -1.15. The largest absolute Gasteiger partial charge is 0.380 e. The lowest BCUT2D eigenvalue weighted by Crippen LogP contribution is -2.56. The van der Waals surface area contributed by atoms with Crippen LogP contribution in [0.3, 0.4) is 0 Å². The van der Waals surface area contributed by atoms with Crippen LogP contribution >= 0.6 is 24.8 Å². The van der Waals surface area contributed by atoms with Gasteiger partial charge in [-0.05, 0) is 19.1 Å². The molecule has 9 heteroatoms. The molecular formula is C12H21Cl2N5O2. The van der Waals surface area contributed by atoms with Crippen molar-refractivity contribution in [2.45, 2.75) is 13.0 Å². The summed E-state index contributed by atoms with van der Waals surface area (Å²) in [5, 5.41) is 10.7. The molecule has 0 saturated carbocycles. The number of nitrogens with zero attached hydrogens (tertiary/aromatic N) is 3. The van der Waals surface area contributed by atoms with E-state index >= 15 is 0 Å². The molecule has 2 heterocycles. The van der Waals surface area contributed by atoms with E-state index < -0.39 is 0 Å². The van der Waals surface area contributed by atoms with E-state index in [1.807, 2.05) is 11.8 Å². The van der Waals surface area contributed by atoms with Crippen molar-refractivity contribution < 1.29 is 9.53 Å². The Labute approximate surface area is 136 Å². The third-order valence-electron chi connectivity index (χ3n) is 2.85. The molecule has 0 bridgehead atoms. The van der Waals surface area contributed by atoms with E-state index in [1.165, 1.54) is 0 Å². The van der Waals surface area contributed by atoms with Crippen molar-refractivity contribution in [1.82, 2.24) is 15.5 Å². The Morgan fingerprint density at radius 3 is 2.67 bits per heavy atom.